The molecule has 1 saturated heterocycles. The molecule has 1 fully saturated rings. The van der Waals surface area contributed by atoms with Gasteiger partial charge in [-0.2, -0.15) is 0 Å². The minimum Gasteiger partial charge on any atom is -0.454 e. The molecule has 0 spiro atoms. The number of fused-ring (bicyclic) bond motifs is 1. The van der Waals surface area contributed by atoms with E-state index in [1.54, 1.807) is 23.1 Å². The van der Waals surface area contributed by atoms with Crippen LogP contribution in [0.25, 0.3) is 6.08 Å². The summed E-state index contributed by atoms with van der Waals surface area (Å²) < 4.78 is 15.6. The number of halogens is 1. The summed E-state index contributed by atoms with van der Waals surface area (Å²) >= 11 is 6.10. The quantitative estimate of drug-likeness (QED) is 0.594. The van der Waals surface area contributed by atoms with Gasteiger partial charge in [-0.15, -0.1) is 0 Å². The summed E-state index contributed by atoms with van der Waals surface area (Å²) in [6.45, 7) is 5.56. The third-order valence-electron chi connectivity index (χ3n) is 4.42. The van der Waals surface area contributed by atoms with Crippen molar-refractivity contribution in [1.82, 2.24) is 4.90 Å². The molecule has 2 aliphatic rings. The molecule has 1 aromatic rings. The Balaban J connectivity index is 1.52. The molecule has 2 aliphatic heterocycles. The van der Waals surface area contributed by atoms with Gasteiger partial charge in [-0.3, -0.25) is 4.79 Å². The molecule has 1 amide bonds. The van der Waals surface area contributed by atoms with Crippen molar-refractivity contribution in [2.75, 3.05) is 26.5 Å². The van der Waals surface area contributed by atoms with E-state index in [0.717, 1.165) is 6.42 Å². The van der Waals surface area contributed by atoms with Crippen LogP contribution in [0.2, 0.25) is 5.02 Å². The van der Waals surface area contributed by atoms with Crippen LogP contribution in [0.3, 0.4) is 0 Å². The van der Waals surface area contributed by atoms with Gasteiger partial charge in [0.2, 0.25) is 6.79 Å². The summed E-state index contributed by atoms with van der Waals surface area (Å²) in [6, 6.07) is 3.39. The molecule has 0 bridgehead atoms. The van der Waals surface area contributed by atoms with Gasteiger partial charge in [0.05, 0.1) is 5.02 Å². The number of nitrogens with zero attached hydrogens (tertiary/aromatic N) is 1. The predicted molar refractivity (Wildman–Crippen MR) is 97.1 cm³/mol. The fourth-order valence-corrected chi connectivity index (χ4v) is 3.66. The van der Waals surface area contributed by atoms with Crippen molar-refractivity contribution < 1.29 is 23.8 Å². The molecule has 0 aliphatic carbocycles. The molecule has 6 nitrogen and oxygen atoms in total. The number of hydrogen-bond donors (Lipinski definition) is 0. The Morgan fingerprint density at radius 3 is 2.73 bits per heavy atom. The highest BCUT2D eigenvalue weighted by molar-refractivity contribution is 6.32. The average Bonchev–Trinajstić information content (AvgIpc) is 3.06. The zero-order chi connectivity index (χ0) is 18.7. The standard InChI is InChI=1S/C19H22ClNO5/c1-12-5-13(2)9-21(8-12)17(22)10-24-18(23)4-3-14-6-15(20)19-16(7-14)25-11-26-19/h3-4,6-7,12-13H,5,8-11H2,1-2H3/b4-3+/t12-,13-/m1/s1. The van der Waals surface area contributed by atoms with E-state index in [2.05, 4.69) is 13.8 Å². The van der Waals surface area contributed by atoms with Gasteiger partial charge in [0.15, 0.2) is 18.1 Å². The third-order valence-corrected chi connectivity index (χ3v) is 4.70. The Bertz CT molecular complexity index is 723. The molecule has 140 valence electrons. The van der Waals surface area contributed by atoms with Crippen LogP contribution in [0.15, 0.2) is 18.2 Å². The maximum atomic E-state index is 12.2. The topological polar surface area (TPSA) is 65.1 Å². The first-order chi connectivity index (χ1) is 12.4. The number of carbonyl (C=O) groups excluding carboxylic acids is 2. The van der Waals surface area contributed by atoms with E-state index in [1.807, 2.05) is 0 Å². The van der Waals surface area contributed by atoms with E-state index in [4.69, 9.17) is 25.8 Å². The van der Waals surface area contributed by atoms with Crippen molar-refractivity contribution in [1.29, 1.82) is 0 Å². The third kappa shape index (κ3) is 4.49. The number of carbonyl (C=O) groups is 2. The van der Waals surface area contributed by atoms with Crippen molar-refractivity contribution in [2.24, 2.45) is 11.8 Å². The summed E-state index contributed by atoms with van der Waals surface area (Å²) in [7, 11) is 0. The second-order valence-electron chi connectivity index (χ2n) is 6.92. The maximum Gasteiger partial charge on any atom is 0.331 e. The largest absolute Gasteiger partial charge is 0.454 e. The second kappa shape index (κ2) is 7.99. The van der Waals surface area contributed by atoms with E-state index >= 15 is 0 Å². The molecule has 0 N–H and O–H groups in total. The average molecular weight is 380 g/mol. The molecule has 0 saturated carbocycles. The molecule has 3 rings (SSSR count). The smallest absolute Gasteiger partial charge is 0.331 e. The minimum absolute atomic E-state index is 0.125. The summed E-state index contributed by atoms with van der Waals surface area (Å²) in [5, 5.41) is 0.413. The van der Waals surface area contributed by atoms with Crippen LogP contribution in [0, 0.1) is 11.8 Å². The van der Waals surface area contributed by atoms with E-state index in [-0.39, 0.29) is 19.3 Å². The maximum absolute atomic E-state index is 12.2. The highest BCUT2D eigenvalue weighted by Gasteiger charge is 2.25. The number of ether oxygens (including phenoxy) is 3. The Labute approximate surface area is 157 Å². The lowest BCUT2D eigenvalue weighted by atomic mass is 9.92. The second-order valence-corrected chi connectivity index (χ2v) is 7.33. The van der Waals surface area contributed by atoms with Crippen LogP contribution >= 0.6 is 11.6 Å². The van der Waals surface area contributed by atoms with Gasteiger partial charge in [0, 0.05) is 19.2 Å². The Kier molecular flexibility index (Phi) is 5.71. The van der Waals surface area contributed by atoms with E-state index in [9.17, 15) is 9.59 Å². The van der Waals surface area contributed by atoms with E-state index in [0.29, 0.717) is 47.0 Å². The van der Waals surface area contributed by atoms with E-state index in [1.165, 1.54) is 6.08 Å². The number of piperidine rings is 1. The van der Waals surface area contributed by atoms with Crippen molar-refractivity contribution >= 4 is 29.6 Å². The van der Waals surface area contributed by atoms with Gasteiger partial charge in [-0.05, 0) is 42.0 Å². The molecule has 0 aromatic heterocycles. The number of benzene rings is 1. The van der Waals surface area contributed by atoms with Crippen molar-refractivity contribution in [3.05, 3.63) is 28.8 Å². The summed E-state index contributed by atoms with van der Waals surface area (Å²) in [5.41, 5.74) is 0.682. The number of amides is 1. The normalized spacial score (nSPS) is 21.9. The lowest BCUT2D eigenvalue weighted by molar-refractivity contribution is -0.149. The molecular formula is C19H22ClNO5. The SMILES string of the molecule is C[C@@H]1C[C@@H](C)CN(C(=O)COC(=O)/C=C/c2cc(Cl)c3c(c2)OCO3)C1. The number of hydrogen-bond acceptors (Lipinski definition) is 5. The van der Waals surface area contributed by atoms with Crippen molar-refractivity contribution in [3.63, 3.8) is 0 Å². The van der Waals surface area contributed by atoms with Gasteiger partial charge in [0.1, 0.15) is 0 Å². The van der Waals surface area contributed by atoms with Crippen LogP contribution in [0.1, 0.15) is 25.8 Å². The Morgan fingerprint density at radius 1 is 1.27 bits per heavy atom. The Morgan fingerprint density at radius 2 is 2.00 bits per heavy atom. The summed E-state index contributed by atoms with van der Waals surface area (Å²) in [6.07, 6.45) is 3.94. The lowest BCUT2D eigenvalue weighted by Crippen LogP contribution is -2.44. The molecular weight excluding hydrogens is 358 g/mol. The molecule has 1 aromatic carbocycles. The number of esters is 1. The first-order valence-corrected chi connectivity index (χ1v) is 9.02. The van der Waals surface area contributed by atoms with Gasteiger partial charge in [-0.1, -0.05) is 25.4 Å². The zero-order valence-electron chi connectivity index (χ0n) is 14.9. The van der Waals surface area contributed by atoms with Crippen LogP contribution in [0.5, 0.6) is 11.5 Å². The monoisotopic (exact) mass is 379 g/mol. The highest BCUT2D eigenvalue weighted by Crippen LogP contribution is 2.40. The highest BCUT2D eigenvalue weighted by atomic mass is 35.5. The van der Waals surface area contributed by atoms with Gasteiger partial charge < -0.3 is 19.1 Å². The van der Waals surface area contributed by atoms with Crippen LogP contribution in [0.4, 0.5) is 0 Å². The zero-order valence-corrected chi connectivity index (χ0v) is 15.6. The first-order valence-electron chi connectivity index (χ1n) is 8.64. The van der Waals surface area contributed by atoms with E-state index < -0.39 is 5.97 Å². The number of rotatable bonds is 4. The predicted octanol–water partition coefficient (Wildman–Crippen LogP) is 3.13. The minimum atomic E-state index is -0.578. The number of likely N-dealkylation sites (tertiary alicyclic amines) is 1. The summed E-state index contributed by atoms with van der Waals surface area (Å²) in [5.74, 6) is 1.24. The molecule has 7 heteroatoms. The van der Waals surface area contributed by atoms with Gasteiger partial charge in [-0.25, -0.2) is 4.79 Å². The fraction of sp³-hybridized carbons (Fsp3) is 0.474. The first kappa shape index (κ1) is 18.6. The van der Waals surface area contributed by atoms with Gasteiger partial charge in [0.25, 0.3) is 5.91 Å². The molecule has 2 atom stereocenters. The van der Waals surface area contributed by atoms with Crippen LogP contribution in [-0.4, -0.2) is 43.3 Å². The Hall–Kier alpha value is -2.21. The van der Waals surface area contributed by atoms with Crippen molar-refractivity contribution in [2.45, 2.75) is 20.3 Å². The lowest BCUT2D eigenvalue weighted by Gasteiger charge is -2.34. The summed E-state index contributed by atoms with van der Waals surface area (Å²) in [4.78, 5) is 25.9. The molecule has 0 radical (unpaired) electrons. The van der Waals surface area contributed by atoms with Gasteiger partial charge >= 0.3 is 5.97 Å². The van der Waals surface area contributed by atoms with Crippen LogP contribution in [-0.2, 0) is 14.3 Å². The molecule has 2 heterocycles. The molecule has 26 heavy (non-hydrogen) atoms. The van der Waals surface area contributed by atoms with Crippen molar-refractivity contribution in [3.8, 4) is 11.5 Å². The molecule has 0 unspecified atom stereocenters. The fourth-order valence-electron chi connectivity index (χ4n) is 3.39. The van der Waals surface area contributed by atoms with Crippen LogP contribution < -0.4 is 9.47 Å².